The molecule has 0 radical (unpaired) electrons. The summed E-state index contributed by atoms with van der Waals surface area (Å²) in [5.41, 5.74) is 0. The molecule has 1 saturated carbocycles. The molecule has 0 aromatic carbocycles. The molecule has 0 aromatic rings. The van der Waals surface area contributed by atoms with E-state index in [1.165, 1.54) is 0 Å². The first-order valence-electron chi connectivity index (χ1n) is 5.00. The van der Waals surface area contributed by atoms with E-state index in [-0.39, 0.29) is 30.5 Å². The average Bonchev–Trinajstić information content (AvgIpc) is 2.92. The van der Waals surface area contributed by atoms with Crippen LogP contribution in [0.3, 0.4) is 0 Å². The number of hydrogen-bond acceptors (Lipinski definition) is 4. The highest BCUT2D eigenvalue weighted by atomic mass is 16.6. The summed E-state index contributed by atoms with van der Waals surface area (Å²) in [4.78, 5) is 34.1. The highest BCUT2D eigenvalue weighted by molar-refractivity contribution is 6.06. The summed E-state index contributed by atoms with van der Waals surface area (Å²) in [6.45, 7) is 1.63. The Morgan fingerprint density at radius 2 is 2.20 bits per heavy atom. The van der Waals surface area contributed by atoms with Gasteiger partial charge < -0.3 is 9.84 Å². The van der Waals surface area contributed by atoms with Crippen LogP contribution in [0.1, 0.15) is 19.8 Å². The van der Waals surface area contributed by atoms with Gasteiger partial charge in [0, 0.05) is 12.8 Å². The second-order valence-corrected chi connectivity index (χ2v) is 3.97. The van der Waals surface area contributed by atoms with E-state index in [9.17, 15) is 14.4 Å². The molecule has 15 heavy (non-hydrogen) atoms. The van der Waals surface area contributed by atoms with Crippen molar-refractivity contribution in [3.05, 3.63) is 0 Å². The zero-order chi connectivity index (χ0) is 11.2. The number of Topliss-reactive ketones (excluding diaryl/α,β-unsaturated/α-hetero) is 2. The van der Waals surface area contributed by atoms with Crippen LogP contribution < -0.4 is 0 Å². The van der Waals surface area contributed by atoms with Crippen molar-refractivity contribution in [1.82, 2.24) is 0 Å². The number of fused-ring (bicyclic) bond motifs is 1. The monoisotopic (exact) mass is 212 g/mol. The second-order valence-electron chi connectivity index (χ2n) is 3.97. The number of carboxylic acid groups (broad SMARTS) is 1. The number of hydrogen-bond donors (Lipinski definition) is 1. The van der Waals surface area contributed by atoms with Crippen molar-refractivity contribution in [2.24, 2.45) is 11.8 Å². The Kier molecular flexibility index (Phi) is 2.34. The molecule has 5 heteroatoms. The largest absolute Gasteiger partial charge is 0.481 e. The molecule has 0 bridgehead atoms. The number of rotatable bonds is 3. The molecule has 1 N–H and O–H groups in total. The van der Waals surface area contributed by atoms with Crippen molar-refractivity contribution in [2.45, 2.75) is 32.0 Å². The van der Waals surface area contributed by atoms with Crippen LogP contribution in [-0.2, 0) is 19.1 Å². The van der Waals surface area contributed by atoms with Gasteiger partial charge >= 0.3 is 5.97 Å². The maximum Gasteiger partial charge on any atom is 0.310 e. The lowest BCUT2D eigenvalue weighted by Crippen LogP contribution is -2.43. The Bertz CT molecular complexity index is 335. The van der Waals surface area contributed by atoms with Crippen molar-refractivity contribution >= 4 is 17.5 Å². The van der Waals surface area contributed by atoms with Gasteiger partial charge in [0.15, 0.2) is 0 Å². The van der Waals surface area contributed by atoms with Gasteiger partial charge in [0.1, 0.15) is 17.5 Å². The molecule has 2 fully saturated rings. The average molecular weight is 212 g/mol. The van der Waals surface area contributed by atoms with Gasteiger partial charge in [0.05, 0.1) is 18.1 Å². The minimum atomic E-state index is -1.11. The third kappa shape index (κ3) is 1.56. The SMILES string of the molecule is CCC(=O)C1C(=O)CC2OC2C1C(=O)O. The maximum absolute atomic E-state index is 11.6. The number of carboxylic acids is 1. The van der Waals surface area contributed by atoms with E-state index in [1.807, 2.05) is 0 Å². The van der Waals surface area contributed by atoms with Crippen LogP contribution >= 0.6 is 0 Å². The van der Waals surface area contributed by atoms with Crippen LogP contribution in [0.2, 0.25) is 0 Å². The minimum Gasteiger partial charge on any atom is -0.481 e. The van der Waals surface area contributed by atoms with E-state index in [2.05, 4.69) is 0 Å². The molecule has 1 saturated heterocycles. The summed E-state index contributed by atoms with van der Waals surface area (Å²) < 4.78 is 5.09. The molecule has 2 aliphatic rings. The van der Waals surface area contributed by atoms with Gasteiger partial charge in [0.25, 0.3) is 0 Å². The minimum absolute atomic E-state index is 0.185. The quantitative estimate of drug-likeness (QED) is 0.526. The van der Waals surface area contributed by atoms with Gasteiger partial charge in [-0.1, -0.05) is 6.92 Å². The van der Waals surface area contributed by atoms with Crippen LogP contribution in [-0.4, -0.2) is 34.9 Å². The summed E-state index contributed by atoms with van der Waals surface area (Å²) in [7, 11) is 0. The van der Waals surface area contributed by atoms with E-state index in [1.54, 1.807) is 6.92 Å². The molecule has 2 rings (SSSR count). The summed E-state index contributed by atoms with van der Waals surface area (Å²) in [6.07, 6.45) is -0.317. The lowest BCUT2D eigenvalue weighted by molar-refractivity contribution is -0.152. The zero-order valence-corrected chi connectivity index (χ0v) is 8.30. The molecule has 1 aliphatic carbocycles. The number of aliphatic carboxylic acids is 1. The molecule has 82 valence electrons. The molecular formula is C10H12O5. The summed E-state index contributed by atoms with van der Waals surface area (Å²) in [6, 6.07) is 0. The first kappa shape index (κ1) is 10.3. The fourth-order valence-electron chi connectivity index (χ4n) is 2.23. The van der Waals surface area contributed by atoms with Crippen molar-refractivity contribution in [2.75, 3.05) is 0 Å². The van der Waals surface area contributed by atoms with E-state index in [4.69, 9.17) is 9.84 Å². The van der Waals surface area contributed by atoms with Crippen LogP contribution in [0.25, 0.3) is 0 Å². The van der Waals surface area contributed by atoms with Crippen molar-refractivity contribution in [3.8, 4) is 0 Å². The predicted molar refractivity (Wildman–Crippen MR) is 48.2 cm³/mol. The predicted octanol–water partition coefficient (Wildman–Crippen LogP) is 0.0227. The first-order chi connectivity index (χ1) is 7.06. The topological polar surface area (TPSA) is 84.0 Å². The third-order valence-electron chi connectivity index (χ3n) is 3.06. The van der Waals surface area contributed by atoms with Crippen molar-refractivity contribution in [1.29, 1.82) is 0 Å². The van der Waals surface area contributed by atoms with E-state index in [0.29, 0.717) is 0 Å². The Labute approximate surface area is 86.4 Å². The van der Waals surface area contributed by atoms with E-state index in [0.717, 1.165) is 0 Å². The molecule has 0 aromatic heterocycles. The molecular weight excluding hydrogens is 200 g/mol. The molecule has 1 aliphatic heterocycles. The lowest BCUT2D eigenvalue weighted by atomic mass is 9.75. The van der Waals surface area contributed by atoms with Crippen LogP contribution in [0, 0.1) is 11.8 Å². The molecule has 1 heterocycles. The standard InChI is InChI=1S/C10H12O5/c1-2-4(11)7-5(12)3-6-9(15-6)8(7)10(13)14/h6-9H,2-3H2,1H3,(H,13,14). The zero-order valence-electron chi connectivity index (χ0n) is 8.30. The maximum atomic E-state index is 11.6. The normalized spacial score (nSPS) is 38.3. The first-order valence-corrected chi connectivity index (χ1v) is 5.00. The number of carbonyl (C=O) groups excluding carboxylic acids is 2. The summed E-state index contributed by atoms with van der Waals surface area (Å²) in [5, 5.41) is 8.98. The highest BCUT2D eigenvalue weighted by Gasteiger charge is 2.59. The number of carbonyl (C=O) groups is 3. The van der Waals surface area contributed by atoms with E-state index < -0.39 is 23.9 Å². The van der Waals surface area contributed by atoms with Gasteiger partial charge in [-0.3, -0.25) is 14.4 Å². The summed E-state index contributed by atoms with van der Waals surface area (Å²) in [5.74, 6) is -3.64. The molecule has 4 atom stereocenters. The van der Waals surface area contributed by atoms with Gasteiger partial charge in [-0.2, -0.15) is 0 Å². The second kappa shape index (κ2) is 3.41. The van der Waals surface area contributed by atoms with Crippen molar-refractivity contribution < 1.29 is 24.2 Å². The van der Waals surface area contributed by atoms with E-state index >= 15 is 0 Å². The molecule has 0 spiro atoms. The fourth-order valence-corrected chi connectivity index (χ4v) is 2.23. The number of ketones is 2. The molecule has 4 unspecified atom stereocenters. The fraction of sp³-hybridized carbons (Fsp3) is 0.700. The smallest absolute Gasteiger partial charge is 0.310 e. The van der Waals surface area contributed by atoms with Crippen molar-refractivity contribution in [3.63, 3.8) is 0 Å². The van der Waals surface area contributed by atoms with Gasteiger partial charge in [-0.15, -0.1) is 0 Å². The van der Waals surface area contributed by atoms with Gasteiger partial charge in [-0.25, -0.2) is 0 Å². The highest BCUT2D eigenvalue weighted by Crippen LogP contribution is 2.42. The number of ether oxygens (including phenoxy) is 1. The van der Waals surface area contributed by atoms with Crippen LogP contribution in [0.5, 0.6) is 0 Å². The Morgan fingerprint density at radius 3 is 2.73 bits per heavy atom. The van der Waals surface area contributed by atoms with Crippen LogP contribution in [0.4, 0.5) is 0 Å². The van der Waals surface area contributed by atoms with Gasteiger partial charge in [-0.05, 0) is 0 Å². The molecule has 0 amide bonds. The Hall–Kier alpha value is -1.23. The van der Waals surface area contributed by atoms with Gasteiger partial charge in [0.2, 0.25) is 0 Å². The third-order valence-corrected chi connectivity index (χ3v) is 3.06. The Balaban J connectivity index is 2.26. The lowest BCUT2D eigenvalue weighted by Gasteiger charge is -2.22. The van der Waals surface area contributed by atoms with Crippen LogP contribution in [0.15, 0.2) is 0 Å². The summed E-state index contributed by atoms with van der Waals surface area (Å²) >= 11 is 0. The Morgan fingerprint density at radius 1 is 1.53 bits per heavy atom. The molecule has 5 nitrogen and oxygen atoms in total. The number of epoxide rings is 1.